The molecule has 0 bridgehead atoms. The molecule has 0 atom stereocenters. The molecule has 1 rings (SSSR count). The van der Waals surface area contributed by atoms with E-state index in [-0.39, 0.29) is 6.61 Å². The van der Waals surface area contributed by atoms with E-state index in [0.29, 0.717) is 0 Å². The molecule has 0 amide bonds. The third kappa shape index (κ3) is 1.75. The number of nitrogens with one attached hydrogen (secondary N) is 1. The van der Waals surface area contributed by atoms with E-state index in [1.807, 2.05) is 18.7 Å². The van der Waals surface area contributed by atoms with Crippen LogP contribution in [-0.4, -0.2) is 22.6 Å². The molecule has 2 N–H and O–H groups in total. The van der Waals surface area contributed by atoms with Crippen molar-refractivity contribution in [1.82, 2.24) is 4.98 Å². The summed E-state index contributed by atoms with van der Waals surface area (Å²) in [7, 11) is 0. The minimum atomic E-state index is 0.0940. The average molecular weight is 189 g/mol. The zero-order chi connectivity index (χ0) is 8.27. The first-order valence-corrected chi connectivity index (χ1v) is 5.67. The summed E-state index contributed by atoms with van der Waals surface area (Å²) in [6, 6.07) is 0. The van der Waals surface area contributed by atoms with Crippen molar-refractivity contribution in [2.75, 3.05) is 12.5 Å². The molecule has 1 heterocycles. The first-order chi connectivity index (χ1) is 5.33. The van der Waals surface area contributed by atoms with Crippen molar-refractivity contribution in [2.24, 2.45) is 0 Å². The summed E-state index contributed by atoms with van der Waals surface area (Å²) in [5.41, 5.74) is 0.918. The number of hydrogen-bond donors (Lipinski definition) is 2. The Balaban J connectivity index is 2.99. The minimum absolute atomic E-state index is 0.0940. The summed E-state index contributed by atoms with van der Waals surface area (Å²) in [5, 5.41) is 8.90. The number of thioether (sulfide) groups is 2. The predicted molar refractivity (Wildman–Crippen MR) is 50.3 cm³/mol. The second-order valence-corrected chi connectivity index (χ2v) is 3.69. The Bertz CT molecular complexity index is 213. The first-order valence-electron chi connectivity index (χ1n) is 3.22. The van der Waals surface area contributed by atoms with Crippen molar-refractivity contribution >= 4 is 23.5 Å². The van der Waals surface area contributed by atoms with Crippen molar-refractivity contribution in [3.8, 4) is 0 Å². The van der Waals surface area contributed by atoms with Crippen molar-refractivity contribution in [1.29, 1.82) is 0 Å². The zero-order valence-electron chi connectivity index (χ0n) is 6.55. The summed E-state index contributed by atoms with van der Waals surface area (Å²) in [4.78, 5) is 5.41. The van der Waals surface area contributed by atoms with Gasteiger partial charge in [-0.3, -0.25) is 0 Å². The van der Waals surface area contributed by atoms with Gasteiger partial charge < -0.3 is 10.1 Å². The van der Waals surface area contributed by atoms with Crippen LogP contribution in [0.1, 0.15) is 5.69 Å². The fourth-order valence-corrected chi connectivity index (χ4v) is 2.54. The maximum absolute atomic E-state index is 8.90. The third-order valence-electron chi connectivity index (χ3n) is 1.46. The highest BCUT2D eigenvalue weighted by molar-refractivity contribution is 8.01. The lowest BCUT2D eigenvalue weighted by molar-refractivity contribution is 0.274. The molecule has 4 heteroatoms. The Hall–Kier alpha value is -0.0600. The van der Waals surface area contributed by atoms with Gasteiger partial charge in [-0.1, -0.05) is 0 Å². The highest BCUT2D eigenvalue weighted by atomic mass is 32.2. The Kier molecular flexibility index (Phi) is 3.36. The number of rotatable bonds is 3. The van der Waals surface area contributed by atoms with Gasteiger partial charge in [0, 0.05) is 16.0 Å². The van der Waals surface area contributed by atoms with E-state index in [1.165, 1.54) is 9.79 Å². The molecular formula is C7H11NOS2. The van der Waals surface area contributed by atoms with E-state index in [0.717, 1.165) is 5.69 Å². The Labute approximate surface area is 74.8 Å². The topological polar surface area (TPSA) is 36.0 Å². The van der Waals surface area contributed by atoms with Crippen LogP contribution >= 0.6 is 23.5 Å². The lowest BCUT2D eigenvalue weighted by atomic mass is 10.5. The SMILES string of the molecule is CSc1c[nH]c(CO)c1SC. The molecule has 0 spiro atoms. The van der Waals surface area contributed by atoms with Crippen molar-refractivity contribution < 1.29 is 5.11 Å². The van der Waals surface area contributed by atoms with E-state index in [1.54, 1.807) is 23.5 Å². The molecular weight excluding hydrogens is 178 g/mol. The molecule has 0 saturated carbocycles. The van der Waals surface area contributed by atoms with Gasteiger partial charge in [-0.15, -0.1) is 23.5 Å². The summed E-state index contributed by atoms with van der Waals surface area (Å²) in [5.74, 6) is 0. The monoisotopic (exact) mass is 189 g/mol. The zero-order valence-corrected chi connectivity index (χ0v) is 8.18. The number of hydrogen-bond acceptors (Lipinski definition) is 3. The number of aromatic nitrogens is 1. The van der Waals surface area contributed by atoms with Gasteiger partial charge in [-0.05, 0) is 12.5 Å². The third-order valence-corrected chi connectivity index (χ3v) is 3.22. The standard InChI is InChI=1S/C7H11NOS2/c1-10-6-3-8-5(4-9)7(6)11-2/h3,8-9H,4H2,1-2H3. The summed E-state index contributed by atoms with van der Waals surface area (Å²) < 4.78 is 0. The Morgan fingerprint density at radius 3 is 2.64 bits per heavy atom. The molecule has 0 saturated heterocycles. The molecule has 0 aliphatic carbocycles. The van der Waals surface area contributed by atoms with Crippen molar-refractivity contribution in [2.45, 2.75) is 16.4 Å². The summed E-state index contributed by atoms with van der Waals surface area (Å²) in [6.45, 7) is 0.0940. The molecule has 1 aromatic rings. The quantitative estimate of drug-likeness (QED) is 0.713. The average Bonchev–Trinajstić information content (AvgIpc) is 2.45. The maximum Gasteiger partial charge on any atom is 0.0842 e. The van der Waals surface area contributed by atoms with Gasteiger partial charge in [0.2, 0.25) is 0 Å². The van der Waals surface area contributed by atoms with E-state index in [9.17, 15) is 0 Å². The largest absolute Gasteiger partial charge is 0.390 e. The smallest absolute Gasteiger partial charge is 0.0842 e. The molecule has 0 unspecified atom stereocenters. The van der Waals surface area contributed by atoms with E-state index >= 15 is 0 Å². The lowest BCUT2D eigenvalue weighted by Gasteiger charge is -1.98. The van der Waals surface area contributed by atoms with Crippen molar-refractivity contribution in [3.63, 3.8) is 0 Å². The number of aliphatic hydroxyl groups excluding tert-OH is 1. The molecule has 0 radical (unpaired) electrons. The highest BCUT2D eigenvalue weighted by Crippen LogP contribution is 2.30. The van der Waals surface area contributed by atoms with Crippen LogP contribution in [-0.2, 0) is 6.61 Å². The second kappa shape index (κ2) is 4.09. The van der Waals surface area contributed by atoms with Crippen LogP contribution < -0.4 is 0 Å². The van der Waals surface area contributed by atoms with Crippen LogP contribution in [0.2, 0.25) is 0 Å². The van der Waals surface area contributed by atoms with E-state index in [4.69, 9.17) is 5.11 Å². The summed E-state index contributed by atoms with van der Waals surface area (Å²) >= 11 is 3.36. The minimum Gasteiger partial charge on any atom is -0.390 e. The lowest BCUT2D eigenvalue weighted by Crippen LogP contribution is -1.83. The van der Waals surface area contributed by atoms with Crippen LogP contribution in [0.5, 0.6) is 0 Å². The van der Waals surface area contributed by atoms with Gasteiger partial charge >= 0.3 is 0 Å². The maximum atomic E-state index is 8.90. The highest BCUT2D eigenvalue weighted by Gasteiger charge is 2.07. The van der Waals surface area contributed by atoms with Crippen LogP contribution in [0.15, 0.2) is 16.0 Å². The van der Waals surface area contributed by atoms with Crippen LogP contribution in [0.25, 0.3) is 0 Å². The molecule has 1 aromatic heterocycles. The molecule has 11 heavy (non-hydrogen) atoms. The molecule has 0 fully saturated rings. The van der Waals surface area contributed by atoms with Gasteiger partial charge in [0.15, 0.2) is 0 Å². The second-order valence-electron chi connectivity index (χ2n) is 2.03. The molecule has 0 aliphatic heterocycles. The number of aliphatic hydroxyl groups is 1. The van der Waals surface area contributed by atoms with E-state index < -0.39 is 0 Å². The van der Waals surface area contributed by atoms with Gasteiger partial charge in [0.25, 0.3) is 0 Å². The fraction of sp³-hybridized carbons (Fsp3) is 0.429. The molecule has 0 aliphatic rings. The van der Waals surface area contributed by atoms with E-state index in [2.05, 4.69) is 4.98 Å². The van der Waals surface area contributed by atoms with Crippen LogP contribution in [0.4, 0.5) is 0 Å². The molecule has 0 aromatic carbocycles. The Morgan fingerprint density at radius 1 is 1.45 bits per heavy atom. The fourth-order valence-electron chi connectivity index (χ4n) is 0.925. The Morgan fingerprint density at radius 2 is 2.18 bits per heavy atom. The van der Waals surface area contributed by atoms with Crippen LogP contribution in [0.3, 0.4) is 0 Å². The predicted octanol–water partition coefficient (Wildman–Crippen LogP) is 1.95. The normalized spacial score (nSPS) is 10.5. The van der Waals surface area contributed by atoms with Gasteiger partial charge in [-0.25, -0.2) is 0 Å². The van der Waals surface area contributed by atoms with Crippen molar-refractivity contribution in [3.05, 3.63) is 11.9 Å². The number of H-pyrrole nitrogens is 1. The van der Waals surface area contributed by atoms with Gasteiger partial charge in [-0.2, -0.15) is 0 Å². The number of aromatic amines is 1. The first kappa shape index (κ1) is 9.03. The van der Waals surface area contributed by atoms with Gasteiger partial charge in [0.05, 0.1) is 12.3 Å². The molecule has 2 nitrogen and oxygen atoms in total. The molecule has 62 valence electrons. The van der Waals surface area contributed by atoms with Crippen LogP contribution in [0, 0.1) is 0 Å². The van der Waals surface area contributed by atoms with Gasteiger partial charge in [0.1, 0.15) is 0 Å². The summed E-state index contributed by atoms with van der Waals surface area (Å²) in [6.07, 6.45) is 5.98.